The van der Waals surface area contributed by atoms with Crippen LogP contribution in [0.25, 0.3) is 0 Å². The molecule has 0 heterocycles. The topological polar surface area (TPSA) is 69.6 Å². The minimum atomic E-state index is -0.910. The van der Waals surface area contributed by atoms with E-state index in [1.807, 2.05) is 73.6 Å². The molecule has 2 aromatic rings. The Morgan fingerprint density at radius 1 is 1.00 bits per heavy atom. The van der Waals surface area contributed by atoms with Crippen molar-refractivity contribution in [1.82, 2.24) is 0 Å². The number of amides is 1. The van der Waals surface area contributed by atoms with Crippen molar-refractivity contribution in [1.29, 1.82) is 0 Å². The Bertz CT molecular complexity index is 682. The average molecular weight is 326 g/mol. The molecule has 0 aliphatic rings. The Balaban J connectivity index is 2.03. The highest BCUT2D eigenvalue weighted by Gasteiger charge is 2.19. The number of carboxylic acid groups (broad SMARTS) is 1. The molecule has 0 bridgehead atoms. The molecule has 1 amide bonds. The molecule has 2 aromatic carbocycles. The van der Waals surface area contributed by atoms with Gasteiger partial charge < -0.3 is 15.3 Å². The number of hydrogen-bond acceptors (Lipinski definition) is 3. The van der Waals surface area contributed by atoms with E-state index in [1.54, 1.807) is 0 Å². The summed E-state index contributed by atoms with van der Waals surface area (Å²) in [7, 11) is 3.90. The van der Waals surface area contributed by atoms with E-state index in [0.717, 1.165) is 11.3 Å². The molecule has 0 unspecified atom stereocenters. The summed E-state index contributed by atoms with van der Waals surface area (Å²) in [5.74, 6) is -1.44. The van der Waals surface area contributed by atoms with Crippen LogP contribution >= 0.6 is 0 Å². The SMILES string of the molecule is CN(C)c1ccc(NC(=O)C[C@H](CC(=O)O)c2ccccc2)cc1. The third-order valence-electron chi connectivity index (χ3n) is 3.79. The van der Waals surface area contributed by atoms with Crippen LogP contribution in [-0.4, -0.2) is 31.1 Å². The Hall–Kier alpha value is -2.82. The number of aliphatic carboxylic acids is 1. The van der Waals surface area contributed by atoms with Crippen LogP contribution in [0.3, 0.4) is 0 Å². The summed E-state index contributed by atoms with van der Waals surface area (Å²) >= 11 is 0. The molecule has 5 nitrogen and oxygen atoms in total. The summed E-state index contributed by atoms with van der Waals surface area (Å²) in [5, 5.41) is 11.9. The summed E-state index contributed by atoms with van der Waals surface area (Å²) in [6, 6.07) is 16.8. The number of carbonyl (C=O) groups excluding carboxylic acids is 1. The Kier molecular flexibility index (Phi) is 5.95. The van der Waals surface area contributed by atoms with Gasteiger partial charge in [0.05, 0.1) is 6.42 Å². The molecule has 0 spiro atoms. The predicted octanol–water partition coefficient (Wildman–Crippen LogP) is 3.34. The summed E-state index contributed by atoms with van der Waals surface area (Å²) in [4.78, 5) is 25.3. The minimum absolute atomic E-state index is 0.0724. The van der Waals surface area contributed by atoms with Gasteiger partial charge in [0.1, 0.15) is 0 Å². The highest BCUT2D eigenvalue weighted by atomic mass is 16.4. The zero-order chi connectivity index (χ0) is 17.5. The first kappa shape index (κ1) is 17.5. The monoisotopic (exact) mass is 326 g/mol. The van der Waals surface area contributed by atoms with Gasteiger partial charge in [0.2, 0.25) is 5.91 Å². The molecule has 0 fully saturated rings. The molecule has 24 heavy (non-hydrogen) atoms. The Morgan fingerprint density at radius 3 is 2.17 bits per heavy atom. The van der Waals surface area contributed by atoms with E-state index in [9.17, 15) is 9.59 Å². The van der Waals surface area contributed by atoms with E-state index in [0.29, 0.717) is 5.69 Å². The largest absolute Gasteiger partial charge is 0.481 e. The van der Waals surface area contributed by atoms with Gasteiger partial charge in [-0.15, -0.1) is 0 Å². The van der Waals surface area contributed by atoms with E-state index in [1.165, 1.54) is 0 Å². The molecule has 5 heteroatoms. The highest BCUT2D eigenvalue weighted by Crippen LogP contribution is 2.24. The molecule has 0 radical (unpaired) electrons. The lowest BCUT2D eigenvalue weighted by Gasteiger charge is -2.16. The number of rotatable bonds is 7. The van der Waals surface area contributed by atoms with E-state index in [2.05, 4.69) is 5.32 Å². The first-order valence-electron chi connectivity index (χ1n) is 7.79. The number of carbonyl (C=O) groups is 2. The molecular formula is C19H22N2O3. The number of nitrogens with one attached hydrogen (secondary N) is 1. The minimum Gasteiger partial charge on any atom is -0.481 e. The van der Waals surface area contributed by atoms with Crippen molar-refractivity contribution in [3.05, 3.63) is 60.2 Å². The number of hydrogen-bond donors (Lipinski definition) is 2. The number of nitrogens with zero attached hydrogens (tertiary/aromatic N) is 1. The van der Waals surface area contributed by atoms with Crippen LogP contribution in [0.1, 0.15) is 24.3 Å². The Morgan fingerprint density at radius 2 is 1.62 bits per heavy atom. The van der Waals surface area contributed by atoms with Gasteiger partial charge in [-0.05, 0) is 29.8 Å². The van der Waals surface area contributed by atoms with Crippen LogP contribution in [-0.2, 0) is 9.59 Å². The van der Waals surface area contributed by atoms with Gasteiger partial charge in [-0.25, -0.2) is 0 Å². The van der Waals surface area contributed by atoms with Crippen LogP contribution in [0.5, 0.6) is 0 Å². The van der Waals surface area contributed by atoms with E-state index >= 15 is 0 Å². The fourth-order valence-electron chi connectivity index (χ4n) is 2.52. The molecule has 0 aliphatic heterocycles. The zero-order valence-electron chi connectivity index (χ0n) is 13.9. The Labute approximate surface area is 141 Å². The van der Waals surface area contributed by atoms with Crippen LogP contribution in [0, 0.1) is 0 Å². The maximum Gasteiger partial charge on any atom is 0.303 e. The van der Waals surface area contributed by atoms with Gasteiger partial charge in [0.15, 0.2) is 0 Å². The fourth-order valence-corrected chi connectivity index (χ4v) is 2.52. The van der Waals surface area contributed by atoms with Gasteiger partial charge in [-0.2, -0.15) is 0 Å². The first-order chi connectivity index (χ1) is 11.5. The van der Waals surface area contributed by atoms with E-state index < -0.39 is 5.97 Å². The van der Waals surface area contributed by atoms with Crippen LogP contribution < -0.4 is 10.2 Å². The van der Waals surface area contributed by atoms with Gasteiger partial charge in [0.25, 0.3) is 0 Å². The zero-order valence-corrected chi connectivity index (χ0v) is 13.9. The standard InChI is InChI=1S/C19H22N2O3/c1-21(2)17-10-8-16(9-11-17)20-18(22)12-15(13-19(23)24)14-6-4-3-5-7-14/h3-11,15H,12-13H2,1-2H3,(H,20,22)(H,23,24)/t15-/m1/s1. The molecule has 2 rings (SSSR count). The second-order valence-corrected chi connectivity index (χ2v) is 5.90. The van der Waals surface area contributed by atoms with Crippen molar-refractivity contribution in [2.24, 2.45) is 0 Å². The van der Waals surface area contributed by atoms with Crippen molar-refractivity contribution in [2.75, 3.05) is 24.3 Å². The van der Waals surface area contributed by atoms with Crippen molar-refractivity contribution in [3.8, 4) is 0 Å². The third kappa shape index (κ3) is 5.12. The molecule has 126 valence electrons. The summed E-state index contributed by atoms with van der Waals surface area (Å²) in [6.07, 6.45) is 0.0583. The maximum atomic E-state index is 12.3. The smallest absolute Gasteiger partial charge is 0.303 e. The van der Waals surface area contributed by atoms with Gasteiger partial charge in [-0.3, -0.25) is 9.59 Å². The van der Waals surface area contributed by atoms with Crippen LogP contribution in [0.15, 0.2) is 54.6 Å². The molecule has 0 aromatic heterocycles. The number of benzene rings is 2. The van der Waals surface area contributed by atoms with Crippen LogP contribution in [0.4, 0.5) is 11.4 Å². The molecule has 0 aliphatic carbocycles. The van der Waals surface area contributed by atoms with Gasteiger partial charge in [0, 0.05) is 37.8 Å². The summed E-state index contributed by atoms with van der Waals surface area (Å²) in [5.41, 5.74) is 2.60. The summed E-state index contributed by atoms with van der Waals surface area (Å²) < 4.78 is 0. The lowest BCUT2D eigenvalue weighted by Crippen LogP contribution is -2.18. The molecule has 1 atom stereocenters. The first-order valence-corrected chi connectivity index (χ1v) is 7.79. The lowest BCUT2D eigenvalue weighted by atomic mass is 9.92. The van der Waals surface area contributed by atoms with E-state index in [-0.39, 0.29) is 24.7 Å². The number of carboxylic acids is 1. The summed E-state index contributed by atoms with van der Waals surface area (Å²) in [6.45, 7) is 0. The van der Waals surface area contributed by atoms with Crippen molar-refractivity contribution >= 4 is 23.3 Å². The average Bonchev–Trinajstić information content (AvgIpc) is 2.55. The second-order valence-electron chi connectivity index (χ2n) is 5.90. The van der Waals surface area contributed by atoms with Gasteiger partial charge in [-0.1, -0.05) is 30.3 Å². The van der Waals surface area contributed by atoms with E-state index in [4.69, 9.17) is 5.11 Å². The second kappa shape index (κ2) is 8.15. The highest BCUT2D eigenvalue weighted by molar-refractivity contribution is 5.91. The van der Waals surface area contributed by atoms with Crippen LogP contribution in [0.2, 0.25) is 0 Å². The van der Waals surface area contributed by atoms with Crippen molar-refractivity contribution in [3.63, 3.8) is 0 Å². The quantitative estimate of drug-likeness (QED) is 0.819. The molecular weight excluding hydrogens is 304 g/mol. The fraction of sp³-hybridized carbons (Fsp3) is 0.263. The van der Waals surface area contributed by atoms with Crippen molar-refractivity contribution < 1.29 is 14.7 Å². The molecule has 0 saturated heterocycles. The van der Waals surface area contributed by atoms with Crippen molar-refractivity contribution in [2.45, 2.75) is 18.8 Å². The molecule has 0 saturated carbocycles. The third-order valence-corrected chi connectivity index (χ3v) is 3.79. The molecule has 2 N–H and O–H groups in total. The number of anilines is 2. The normalized spacial score (nSPS) is 11.6. The predicted molar refractivity (Wildman–Crippen MR) is 95.5 cm³/mol. The lowest BCUT2D eigenvalue weighted by molar-refractivity contribution is -0.137. The van der Waals surface area contributed by atoms with Gasteiger partial charge >= 0.3 is 5.97 Å². The maximum absolute atomic E-state index is 12.3.